The van der Waals surface area contributed by atoms with Crippen LogP contribution in [0.4, 0.5) is 0 Å². The number of carbonyl (C=O) groups is 1. The van der Waals surface area contributed by atoms with Crippen molar-refractivity contribution in [2.24, 2.45) is 0 Å². The largest absolute Gasteiger partial charge is 0.497 e. The molecule has 1 atom stereocenters. The number of hydrogen-bond donors (Lipinski definition) is 0. The summed E-state index contributed by atoms with van der Waals surface area (Å²) in [5.41, 5.74) is 1.84. The van der Waals surface area contributed by atoms with Crippen LogP contribution in [0, 0.1) is 0 Å². The van der Waals surface area contributed by atoms with Crippen LogP contribution in [0.15, 0.2) is 65.2 Å². The topological polar surface area (TPSA) is 89.7 Å². The van der Waals surface area contributed by atoms with E-state index in [4.69, 9.17) is 9.26 Å². The highest BCUT2D eigenvalue weighted by molar-refractivity contribution is 7.91. The average Bonchev–Trinajstić information content (AvgIpc) is 3.39. The molecule has 156 valence electrons. The number of hydrogen-bond acceptors (Lipinski definition) is 6. The first-order valence-corrected chi connectivity index (χ1v) is 11.4. The zero-order chi connectivity index (χ0) is 21.1. The molecule has 3 aromatic rings. The summed E-state index contributed by atoms with van der Waals surface area (Å²) < 4.78 is 34.6. The smallest absolute Gasteiger partial charge is 0.276 e. The molecular weight excluding hydrogens is 404 g/mol. The molecule has 0 aliphatic carbocycles. The molecule has 0 spiro atoms. The van der Waals surface area contributed by atoms with E-state index in [2.05, 4.69) is 5.16 Å². The molecule has 0 bridgehead atoms. The zero-order valence-electron chi connectivity index (χ0n) is 16.5. The van der Waals surface area contributed by atoms with E-state index in [0.29, 0.717) is 24.5 Å². The Hall–Kier alpha value is -3.13. The fraction of sp³-hybridized carbons (Fsp3) is 0.273. The van der Waals surface area contributed by atoms with Crippen LogP contribution in [0.1, 0.15) is 22.5 Å². The van der Waals surface area contributed by atoms with Gasteiger partial charge in [0.2, 0.25) is 0 Å². The summed E-state index contributed by atoms with van der Waals surface area (Å²) in [7, 11) is -1.55. The number of aromatic nitrogens is 1. The van der Waals surface area contributed by atoms with Crippen molar-refractivity contribution in [1.82, 2.24) is 10.1 Å². The molecule has 0 radical (unpaired) electrons. The predicted octanol–water partition coefficient (Wildman–Crippen LogP) is 3.18. The van der Waals surface area contributed by atoms with Gasteiger partial charge in [0.25, 0.3) is 5.91 Å². The quantitative estimate of drug-likeness (QED) is 0.601. The number of sulfone groups is 1. The van der Waals surface area contributed by atoms with E-state index in [1.165, 1.54) is 0 Å². The molecule has 1 fully saturated rings. The van der Waals surface area contributed by atoms with Gasteiger partial charge in [0.15, 0.2) is 21.3 Å². The molecule has 0 saturated carbocycles. The van der Waals surface area contributed by atoms with Crippen molar-refractivity contribution in [3.05, 3.63) is 71.9 Å². The van der Waals surface area contributed by atoms with E-state index in [0.717, 1.165) is 11.1 Å². The lowest BCUT2D eigenvalue weighted by molar-refractivity contribution is 0.0670. The number of benzene rings is 2. The van der Waals surface area contributed by atoms with Gasteiger partial charge >= 0.3 is 0 Å². The summed E-state index contributed by atoms with van der Waals surface area (Å²) in [5.74, 6) is 0.885. The van der Waals surface area contributed by atoms with Crippen LogP contribution in [0.25, 0.3) is 11.3 Å². The highest BCUT2D eigenvalue weighted by atomic mass is 32.2. The molecule has 1 aliphatic heterocycles. The first-order chi connectivity index (χ1) is 14.4. The number of ether oxygens (including phenoxy) is 1. The molecular formula is C22H22N2O5S. The summed E-state index contributed by atoms with van der Waals surface area (Å²) in [6, 6.07) is 17.9. The van der Waals surface area contributed by atoms with Crippen molar-refractivity contribution in [2.75, 3.05) is 18.6 Å². The molecule has 1 aromatic heterocycles. The third-order valence-corrected chi connectivity index (χ3v) is 6.96. The highest BCUT2D eigenvalue weighted by Gasteiger charge is 2.36. The third-order valence-electron chi connectivity index (χ3n) is 5.21. The number of carbonyl (C=O) groups excluding carboxylic acids is 1. The first kappa shape index (κ1) is 20.2. The van der Waals surface area contributed by atoms with Crippen LogP contribution >= 0.6 is 0 Å². The van der Waals surface area contributed by atoms with Gasteiger partial charge in [-0.2, -0.15) is 0 Å². The Morgan fingerprint density at radius 1 is 1.17 bits per heavy atom. The van der Waals surface area contributed by atoms with Crippen LogP contribution in [0.3, 0.4) is 0 Å². The SMILES string of the molecule is COc1ccc(-c2cc(C(=O)N(Cc3ccccc3)[C@@H]3CCS(=O)(=O)C3)no2)cc1. The minimum atomic E-state index is -3.14. The van der Waals surface area contributed by atoms with Crippen LogP contribution in [0.5, 0.6) is 5.75 Å². The molecule has 4 rings (SSSR count). The van der Waals surface area contributed by atoms with Crippen molar-refractivity contribution in [3.63, 3.8) is 0 Å². The van der Waals surface area contributed by atoms with Crippen molar-refractivity contribution in [2.45, 2.75) is 19.0 Å². The van der Waals surface area contributed by atoms with E-state index in [9.17, 15) is 13.2 Å². The predicted molar refractivity (Wildman–Crippen MR) is 112 cm³/mol. The van der Waals surface area contributed by atoms with Crippen molar-refractivity contribution >= 4 is 15.7 Å². The monoisotopic (exact) mass is 426 g/mol. The summed E-state index contributed by atoms with van der Waals surface area (Å²) in [4.78, 5) is 14.9. The molecule has 1 aliphatic rings. The molecule has 1 amide bonds. The summed E-state index contributed by atoms with van der Waals surface area (Å²) in [6.45, 7) is 0.310. The summed E-state index contributed by atoms with van der Waals surface area (Å²) >= 11 is 0. The number of rotatable bonds is 6. The maximum absolute atomic E-state index is 13.3. The maximum atomic E-state index is 13.3. The molecule has 8 heteroatoms. The minimum Gasteiger partial charge on any atom is -0.497 e. The lowest BCUT2D eigenvalue weighted by Gasteiger charge is -2.27. The molecule has 2 aromatic carbocycles. The van der Waals surface area contributed by atoms with Crippen LogP contribution in [0.2, 0.25) is 0 Å². The van der Waals surface area contributed by atoms with Gasteiger partial charge in [0, 0.05) is 24.2 Å². The van der Waals surface area contributed by atoms with E-state index in [-0.39, 0.29) is 29.1 Å². The second-order valence-electron chi connectivity index (χ2n) is 7.28. The van der Waals surface area contributed by atoms with E-state index in [1.807, 2.05) is 42.5 Å². The van der Waals surface area contributed by atoms with Crippen molar-refractivity contribution in [1.29, 1.82) is 0 Å². The Morgan fingerprint density at radius 2 is 1.90 bits per heavy atom. The second-order valence-corrected chi connectivity index (χ2v) is 9.51. The maximum Gasteiger partial charge on any atom is 0.276 e. The summed E-state index contributed by atoms with van der Waals surface area (Å²) in [6.07, 6.45) is 0.421. The van der Waals surface area contributed by atoms with Crippen LogP contribution in [-0.4, -0.2) is 49.0 Å². The van der Waals surface area contributed by atoms with Gasteiger partial charge in [-0.15, -0.1) is 0 Å². The molecule has 0 N–H and O–H groups in total. The molecule has 1 saturated heterocycles. The lowest BCUT2D eigenvalue weighted by atomic mass is 10.1. The van der Waals surface area contributed by atoms with Gasteiger partial charge < -0.3 is 14.2 Å². The van der Waals surface area contributed by atoms with Gasteiger partial charge in [-0.3, -0.25) is 4.79 Å². The van der Waals surface area contributed by atoms with Gasteiger partial charge in [-0.25, -0.2) is 8.42 Å². The lowest BCUT2D eigenvalue weighted by Crippen LogP contribution is -2.40. The van der Waals surface area contributed by atoms with E-state index >= 15 is 0 Å². The summed E-state index contributed by atoms with van der Waals surface area (Å²) in [5, 5.41) is 3.96. The standard InChI is InChI=1S/C22H22N2O5S/c1-28-19-9-7-17(8-10-19)21-13-20(23-29-21)22(25)24(14-16-5-3-2-4-6-16)18-11-12-30(26,27)15-18/h2-10,13,18H,11-12,14-15H2,1H3/t18-/m1/s1. The zero-order valence-corrected chi connectivity index (χ0v) is 17.3. The fourth-order valence-electron chi connectivity index (χ4n) is 3.58. The average molecular weight is 426 g/mol. The minimum absolute atomic E-state index is 0.0330. The van der Waals surface area contributed by atoms with Gasteiger partial charge in [-0.05, 0) is 36.2 Å². The first-order valence-electron chi connectivity index (χ1n) is 9.61. The Kier molecular flexibility index (Phi) is 5.59. The Balaban J connectivity index is 1.60. The highest BCUT2D eigenvalue weighted by Crippen LogP contribution is 2.26. The van der Waals surface area contributed by atoms with Crippen molar-refractivity contribution < 1.29 is 22.5 Å². The van der Waals surface area contributed by atoms with E-state index in [1.54, 1.807) is 30.2 Å². The van der Waals surface area contributed by atoms with E-state index < -0.39 is 9.84 Å². The number of methoxy groups -OCH3 is 1. The molecule has 2 heterocycles. The molecule has 7 nitrogen and oxygen atoms in total. The van der Waals surface area contributed by atoms with Crippen LogP contribution in [-0.2, 0) is 16.4 Å². The Bertz CT molecular complexity index is 1120. The molecule has 0 unspecified atom stereocenters. The normalized spacial score (nSPS) is 17.6. The van der Waals surface area contributed by atoms with Crippen LogP contribution < -0.4 is 4.74 Å². The van der Waals surface area contributed by atoms with Gasteiger partial charge in [0.1, 0.15) is 5.75 Å². The van der Waals surface area contributed by atoms with Gasteiger partial charge in [0.05, 0.1) is 18.6 Å². The fourth-order valence-corrected chi connectivity index (χ4v) is 5.31. The Labute approximate surface area is 175 Å². The Morgan fingerprint density at radius 3 is 2.53 bits per heavy atom. The molecule has 30 heavy (non-hydrogen) atoms. The number of amides is 1. The van der Waals surface area contributed by atoms with Crippen molar-refractivity contribution in [3.8, 4) is 17.1 Å². The third kappa shape index (κ3) is 4.38. The van der Waals surface area contributed by atoms with Gasteiger partial charge in [-0.1, -0.05) is 35.5 Å². The number of nitrogens with zero attached hydrogens (tertiary/aromatic N) is 2. The second kappa shape index (κ2) is 8.31.